The van der Waals surface area contributed by atoms with Gasteiger partial charge in [-0.2, -0.15) is 0 Å². The molecule has 7 heteroatoms. The summed E-state index contributed by atoms with van der Waals surface area (Å²) in [4.78, 5) is 25.6. The summed E-state index contributed by atoms with van der Waals surface area (Å²) in [5.41, 5.74) is 3.21. The van der Waals surface area contributed by atoms with Crippen molar-refractivity contribution < 1.29 is 9.67 Å². The number of para-hydroxylation sites is 1. The first-order valence-corrected chi connectivity index (χ1v) is 10.7. The van der Waals surface area contributed by atoms with Gasteiger partial charge in [-0.05, 0) is 36.2 Å². The Labute approximate surface area is 187 Å². The quantitative estimate of drug-likeness (QED) is 0.200. The number of hydrogen-bond acceptors (Lipinski definition) is 4. The van der Waals surface area contributed by atoms with Crippen molar-refractivity contribution in [2.45, 2.75) is 13.0 Å². The van der Waals surface area contributed by atoms with Crippen LogP contribution in [0.5, 0.6) is 0 Å². The van der Waals surface area contributed by atoms with E-state index in [1.807, 2.05) is 65.5 Å². The van der Waals surface area contributed by atoms with Crippen molar-refractivity contribution in [1.29, 1.82) is 0 Å². The van der Waals surface area contributed by atoms with Crippen molar-refractivity contribution in [3.8, 4) is 0 Å². The predicted octanol–water partition coefficient (Wildman–Crippen LogP) is 3.25. The maximum Gasteiger partial charge on any atom is 0.265 e. The first kappa shape index (κ1) is 19.2. The van der Waals surface area contributed by atoms with E-state index in [-0.39, 0.29) is 17.9 Å². The molecule has 0 saturated heterocycles. The number of nitrogens with one attached hydrogen (secondary N) is 1. The second-order valence-corrected chi connectivity index (χ2v) is 7.96. The van der Waals surface area contributed by atoms with Crippen molar-refractivity contribution in [2.75, 3.05) is 0 Å². The molecule has 0 spiro atoms. The van der Waals surface area contributed by atoms with Crippen LogP contribution in [-0.2, 0) is 6.54 Å². The molecule has 2 aromatic carbocycles. The van der Waals surface area contributed by atoms with Crippen molar-refractivity contribution in [1.82, 2.24) is 14.4 Å². The molecule has 0 fully saturated rings. The second-order valence-electron chi connectivity index (χ2n) is 7.96. The third-order valence-corrected chi connectivity index (χ3v) is 5.86. The zero-order valence-corrected chi connectivity index (χ0v) is 17.6. The number of benzene rings is 2. The van der Waals surface area contributed by atoms with Crippen molar-refractivity contribution in [2.24, 2.45) is 4.99 Å². The summed E-state index contributed by atoms with van der Waals surface area (Å²) in [6, 6.07) is 20.8. The first-order valence-electron chi connectivity index (χ1n) is 10.7. The van der Waals surface area contributed by atoms with Crippen LogP contribution in [-0.4, -0.2) is 20.3 Å². The molecule has 7 nitrogen and oxygen atoms in total. The Hall–Kier alpha value is -4.52. The van der Waals surface area contributed by atoms with Crippen LogP contribution in [0.1, 0.15) is 6.42 Å². The molecule has 1 N–H and O–H groups in total. The predicted molar refractivity (Wildman–Crippen MR) is 127 cm³/mol. The maximum absolute atomic E-state index is 13.3. The van der Waals surface area contributed by atoms with Crippen LogP contribution in [0.2, 0.25) is 0 Å². The van der Waals surface area contributed by atoms with Gasteiger partial charge in [0.15, 0.2) is 24.6 Å². The van der Waals surface area contributed by atoms with Gasteiger partial charge in [0.2, 0.25) is 0 Å². The number of aliphatic imine (C=N–C) groups is 1. The number of fused-ring (bicyclic) bond motifs is 6. The minimum Gasteiger partial charge on any atom is -0.862 e. The van der Waals surface area contributed by atoms with E-state index in [2.05, 4.69) is 9.98 Å². The molecular formula is C26H19N5O2. The monoisotopic (exact) mass is 433 g/mol. The Morgan fingerprint density at radius 3 is 2.73 bits per heavy atom. The Kier molecular flexibility index (Phi) is 4.40. The van der Waals surface area contributed by atoms with E-state index < -0.39 is 0 Å². The molecule has 33 heavy (non-hydrogen) atoms. The number of hydrogen-bond donors (Lipinski definition) is 1. The van der Waals surface area contributed by atoms with E-state index in [1.54, 1.807) is 24.4 Å². The molecule has 0 atom stereocenters. The van der Waals surface area contributed by atoms with E-state index in [1.165, 1.54) is 4.40 Å². The van der Waals surface area contributed by atoms with Crippen LogP contribution in [0.3, 0.4) is 0 Å². The van der Waals surface area contributed by atoms with Gasteiger partial charge >= 0.3 is 0 Å². The summed E-state index contributed by atoms with van der Waals surface area (Å²) >= 11 is 0. The summed E-state index contributed by atoms with van der Waals surface area (Å²) in [5, 5.41) is 14.9. The number of aromatic nitrogens is 4. The highest BCUT2D eigenvalue weighted by Crippen LogP contribution is 2.28. The van der Waals surface area contributed by atoms with Gasteiger partial charge in [0.1, 0.15) is 0 Å². The van der Waals surface area contributed by atoms with Crippen LogP contribution < -0.4 is 15.2 Å². The number of nitrogens with zero attached hydrogens (tertiary/aromatic N) is 4. The molecule has 0 bridgehead atoms. The topological polar surface area (TPSA) is 89.5 Å². The molecule has 0 amide bonds. The average Bonchev–Trinajstić information content (AvgIpc) is 3.23. The van der Waals surface area contributed by atoms with E-state index in [0.29, 0.717) is 28.8 Å². The molecule has 0 unspecified atom stereocenters. The summed E-state index contributed by atoms with van der Waals surface area (Å²) in [6.45, 7) is 0.548. The van der Waals surface area contributed by atoms with Crippen LogP contribution >= 0.6 is 0 Å². The highest BCUT2D eigenvalue weighted by atomic mass is 16.3. The van der Waals surface area contributed by atoms with Crippen LogP contribution in [0.15, 0.2) is 95.1 Å². The number of H-pyrrole nitrogens is 1. The van der Waals surface area contributed by atoms with E-state index in [0.717, 1.165) is 21.8 Å². The standard InChI is InChI=1S/C26H19N5O2/c32-23(11-14-30-12-4-1-5-13-30)27-17-8-9-22-20(16-17)26(33)31-15-10-19-18-6-2-3-7-21(18)28-24(19)25(31)29-22/h1-10,12-13,15-16H,11,14H2,(H-,27,28,29,32,33). The third-order valence-electron chi connectivity index (χ3n) is 5.86. The lowest BCUT2D eigenvalue weighted by molar-refractivity contribution is -0.696. The first-order chi connectivity index (χ1) is 16.2. The van der Waals surface area contributed by atoms with Crippen molar-refractivity contribution in [3.63, 3.8) is 0 Å². The summed E-state index contributed by atoms with van der Waals surface area (Å²) in [6.07, 6.45) is 5.84. The molecule has 0 aliphatic rings. The maximum atomic E-state index is 13.3. The highest BCUT2D eigenvalue weighted by molar-refractivity contribution is 6.11. The Bertz CT molecular complexity index is 1750. The van der Waals surface area contributed by atoms with E-state index >= 15 is 0 Å². The normalized spacial score (nSPS) is 12.3. The summed E-state index contributed by atoms with van der Waals surface area (Å²) in [5.74, 6) is -0.237. The molecule has 6 rings (SSSR count). The molecule has 0 aliphatic heterocycles. The Morgan fingerprint density at radius 1 is 1.00 bits per heavy atom. The molecule has 0 aliphatic carbocycles. The zero-order valence-electron chi connectivity index (χ0n) is 17.6. The number of rotatable bonds is 4. The van der Waals surface area contributed by atoms with Gasteiger partial charge in [-0.25, -0.2) is 9.55 Å². The van der Waals surface area contributed by atoms with Crippen molar-refractivity contribution >= 4 is 49.9 Å². The summed E-state index contributed by atoms with van der Waals surface area (Å²) < 4.78 is 3.47. The Morgan fingerprint density at radius 2 is 1.85 bits per heavy atom. The molecule has 4 aromatic heterocycles. The van der Waals surface area contributed by atoms with Gasteiger partial charge in [-0.1, -0.05) is 24.3 Å². The molecule has 0 radical (unpaired) electrons. The van der Waals surface area contributed by atoms with Gasteiger partial charge in [-0.15, -0.1) is 0 Å². The van der Waals surface area contributed by atoms with Crippen LogP contribution in [0.25, 0.3) is 38.4 Å². The fourth-order valence-electron chi connectivity index (χ4n) is 4.24. The van der Waals surface area contributed by atoms with E-state index in [9.17, 15) is 9.90 Å². The minimum absolute atomic E-state index is 0.195. The fraction of sp³-hybridized carbons (Fsp3) is 0.0769. The van der Waals surface area contributed by atoms with Gasteiger partial charge in [0, 0.05) is 41.0 Å². The lowest BCUT2D eigenvalue weighted by Crippen LogP contribution is -2.35. The zero-order chi connectivity index (χ0) is 22.4. The smallest absolute Gasteiger partial charge is 0.265 e. The number of aromatic amines is 1. The average molecular weight is 433 g/mol. The van der Waals surface area contributed by atoms with Gasteiger partial charge < -0.3 is 10.1 Å². The highest BCUT2D eigenvalue weighted by Gasteiger charge is 2.12. The molecule has 4 heterocycles. The molecule has 0 saturated carbocycles. The molecule has 160 valence electrons. The summed E-state index contributed by atoms with van der Waals surface area (Å²) in [7, 11) is 0. The lowest BCUT2D eigenvalue weighted by Gasteiger charge is -2.09. The third kappa shape index (κ3) is 3.30. The van der Waals surface area contributed by atoms with Gasteiger partial charge in [0.05, 0.1) is 22.1 Å². The van der Waals surface area contributed by atoms with E-state index in [4.69, 9.17) is 4.98 Å². The Balaban J connectivity index is 1.42. The SMILES string of the molecule is O=c1c2cc(N=C([O-])CC[n+]3ccccc3)ccc2nc2c3[nH]c4ccccc4c3ccn12. The second kappa shape index (κ2) is 7.56. The van der Waals surface area contributed by atoms with Crippen LogP contribution in [0.4, 0.5) is 5.69 Å². The largest absolute Gasteiger partial charge is 0.862 e. The minimum atomic E-state index is -0.237. The number of pyridine rings is 2. The van der Waals surface area contributed by atoms with Gasteiger partial charge in [-0.3, -0.25) is 14.2 Å². The van der Waals surface area contributed by atoms with Crippen molar-refractivity contribution in [3.05, 3.63) is 95.7 Å². The fourth-order valence-corrected chi connectivity index (χ4v) is 4.24. The number of aryl methyl sites for hydroxylation is 1. The van der Waals surface area contributed by atoms with Gasteiger partial charge in [0.25, 0.3) is 5.56 Å². The molecule has 6 aromatic rings. The molecular weight excluding hydrogens is 414 g/mol. The lowest BCUT2D eigenvalue weighted by atomic mass is 10.2. The van der Waals surface area contributed by atoms with Crippen LogP contribution in [0, 0.1) is 0 Å².